The number of hydrogen-bond donors (Lipinski definition) is 1. The van der Waals surface area contributed by atoms with Crippen molar-refractivity contribution in [3.63, 3.8) is 0 Å². The molecule has 0 saturated carbocycles. The summed E-state index contributed by atoms with van der Waals surface area (Å²) in [5.41, 5.74) is 9.56. The van der Waals surface area contributed by atoms with E-state index in [0.717, 1.165) is 44.4 Å². The molecule has 0 aliphatic carbocycles. The maximum atomic E-state index is 5.70. The average molecular weight is 283 g/mol. The molecule has 3 nitrogen and oxygen atoms in total. The van der Waals surface area contributed by atoms with E-state index in [1.165, 1.54) is 35.2 Å². The highest BCUT2D eigenvalue weighted by molar-refractivity contribution is 5.82. The van der Waals surface area contributed by atoms with Crippen molar-refractivity contribution in [2.45, 2.75) is 39.0 Å². The number of nitrogens with zero attached hydrogens (tertiary/aromatic N) is 2. The second-order valence-electron chi connectivity index (χ2n) is 5.94. The SMILES string of the molecule is CCc1ccc2nc(N3CCCC3)c(CCCN)cc2c1. The number of nitrogens with two attached hydrogens (primary N) is 1. The van der Waals surface area contributed by atoms with Crippen molar-refractivity contribution in [1.29, 1.82) is 0 Å². The van der Waals surface area contributed by atoms with Crippen molar-refractivity contribution in [3.05, 3.63) is 35.4 Å². The van der Waals surface area contributed by atoms with Gasteiger partial charge in [-0.15, -0.1) is 0 Å². The maximum Gasteiger partial charge on any atom is 0.132 e. The van der Waals surface area contributed by atoms with Gasteiger partial charge in [-0.25, -0.2) is 4.98 Å². The largest absolute Gasteiger partial charge is 0.356 e. The van der Waals surface area contributed by atoms with Gasteiger partial charge < -0.3 is 10.6 Å². The second kappa shape index (κ2) is 6.44. The van der Waals surface area contributed by atoms with Crippen LogP contribution in [0.1, 0.15) is 37.3 Å². The molecule has 3 heteroatoms. The van der Waals surface area contributed by atoms with Crippen molar-refractivity contribution < 1.29 is 0 Å². The Labute approximate surface area is 127 Å². The highest BCUT2D eigenvalue weighted by Gasteiger charge is 2.18. The predicted octanol–water partition coefficient (Wildman–Crippen LogP) is 3.29. The van der Waals surface area contributed by atoms with Gasteiger partial charge in [0.1, 0.15) is 5.82 Å². The Balaban J connectivity index is 2.05. The molecule has 0 spiro atoms. The maximum absolute atomic E-state index is 5.70. The standard InChI is InChI=1S/C18H25N3/c1-2-14-7-8-17-16(12-14)13-15(6-5-9-19)18(20-17)21-10-3-4-11-21/h7-8,12-13H,2-6,9-11,19H2,1H3. The molecule has 1 aliphatic rings. The highest BCUT2D eigenvalue weighted by atomic mass is 15.2. The van der Waals surface area contributed by atoms with Gasteiger partial charge in [0.15, 0.2) is 0 Å². The van der Waals surface area contributed by atoms with E-state index in [1.54, 1.807) is 0 Å². The number of anilines is 1. The first kappa shape index (κ1) is 14.3. The van der Waals surface area contributed by atoms with Crippen LogP contribution in [0.25, 0.3) is 10.9 Å². The first-order valence-electron chi connectivity index (χ1n) is 8.19. The van der Waals surface area contributed by atoms with E-state index >= 15 is 0 Å². The van der Waals surface area contributed by atoms with Crippen molar-refractivity contribution in [2.24, 2.45) is 5.73 Å². The summed E-state index contributed by atoms with van der Waals surface area (Å²) in [6, 6.07) is 8.98. The minimum atomic E-state index is 0.743. The molecule has 3 rings (SSSR count). The van der Waals surface area contributed by atoms with E-state index in [2.05, 4.69) is 36.1 Å². The number of hydrogen-bond acceptors (Lipinski definition) is 3. The molecule has 2 aromatic rings. The molecule has 1 fully saturated rings. The lowest BCUT2D eigenvalue weighted by molar-refractivity contribution is 0.818. The molecule has 0 amide bonds. The summed E-state index contributed by atoms with van der Waals surface area (Å²) in [4.78, 5) is 7.41. The molecule has 112 valence electrons. The lowest BCUT2D eigenvalue weighted by Gasteiger charge is -2.21. The van der Waals surface area contributed by atoms with Crippen molar-refractivity contribution in [3.8, 4) is 0 Å². The van der Waals surface area contributed by atoms with Crippen LogP contribution in [-0.4, -0.2) is 24.6 Å². The average Bonchev–Trinajstić information content (AvgIpc) is 3.05. The zero-order valence-electron chi connectivity index (χ0n) is 12.9. The number of fused-ring (bicyclic) bond motifs is 1. The van der Waals surface area contributed by atoms with E-state index < -0.39 is 0 Å². The van der Waals surface area contributed by atoms with Gasteiger partial charge in [0.2, 0.25) is 0 Å². The van der Waals surface area contributed by atoms with Gasteiger partial charge in [-0.05, 0) is 68.0 Å². The molecule has 0 atom stereocenters. The van der Waals surface area contributed by atoms with Gasteiger partial charge in [-0.1, -0.05) is 13.0 Å². The van der Waals surface area contributed by atoms with Gasteiger partial charge >= 0.3 is 0 Å². The van der Waals surface area contributed by atoms with E-state index in [0.29, 0.717) is 0 Å². The molecule has 2 N–H and O–H groups in total. The number of pyridine rings is 1. The Morgan fingerprint density at radius 2 is 2.00 bits per heavy atom. The molecule has 21 heavy (non-hydrogen) atoms. The number of benzene rings is 1. The Hall–Kier alpha value is -1.61. The van der Waals surface area contributed by atoms with Crippen LogP contribution in [0.3, 0.4) is 0 Å². The van der Waals surface area contributed by atoms with Gasteiger partial charge in [-0.2, -0.15) is 0 Å². The third-order valence-corrected chi connectivity index (χ3v) is 4.40. The summed E-state index contributed by atoms with van der Waals surface area (Å²) in [5.74, 6) is 1.19. The molecule has 1 aliphatic heterocycles. The van der Waals surface area contributed by atoms with Crippen molar-refractivity contribution in [2.75, 3.05) is 24.5 Å². The quantitative estimate of drug-likeness (QED) is 0.915. The van der Waals surface area contributed by atoms with Crippen molar-refractivity contribution >= 4 is 16.7 Å². The summed E-state index contributed by atoms with van der Waals surface area (Å²) < 4.78 is 0. The molecular weight excluding hydrogens is 258 g/mol. The topological polar surface area (TPSA) is 42.2 Å². The lowest BCUT2D eigenvalue weighted by Crippen LogP contribution is -2.21. The fourth-order valence-corrected chi connectivity index (χ4v) is 3.16. The molecule has 2 heterocycles. The van der Waals surface area contributed by atoms with Crippen LogP contribution in [0.15, 0.2) is 24.3 Å². The second-order valence-corrected chi connectivity index (χ2v) is 5.94. The van der Waals surface area contributed by atoms with E-state index in [-0.39, 0.29) is 0 Å². The fourth-order valence-electron chi connectivity index (χ4n) is 3.16. The Kier molecular flexibility index (Phi) is 4.39. The van der Waals surface area contributed by atoms with Crippen LogP contribution in [0.5, 0.6) is 0 Å². The Bertz CT molecular complexity index is 615. The molecule has 1 aromatic carbocycles. The summed E-state index contributed by atoms with van der Waals surface area (Å²) in [6.07, 6.45) is 5.70. The fraction of sp³-hybridized carbons (Fsp3) is 0.500. The molecule has 1 aromatic heterocycles. The molecule has 0 bridgehead atoms. The van der Waals surface area contributed by atoms with E-state index in [9.17, 15) is 0 Å². The third-order valence-electron chi connectivity index (χ3n) is 4.40. The first-order chi connectivity index (χ1) is 10.3. The smallest absolute Gasteiger partial charge is 0.132 e. The summed E-state index contributed by atoms with van der Waals surface area (Å²) in [5, 5.41) is 1.27. The summed E-state index contributed by atoms with van der Waals surface area (Å²) >= 11 is 0. The number of aryl methyl sites for hydroxylation is 2. The lowest BCUT2D eigenvalue weighted by atomic mass is 10.0. The highest BCUT2D eigenvalue weighted by Crippen LogP contribution is 2.28. The summed E-state index contributed by atoms with van der Waals surface area (Å²) in [7, 11) is 0. The third kappa shape index (κ3) is 3.03. The van der Waals surface area contributed by atoms with Crippen LogP contribution < -0.4 is 10.6 Å². The van der Waals surface area contributed by atoms with Gasteiger partial charge in [0.05, 0.1) is 5.52 Å². The molecular formula is C18H25N3. The number of rotatable bonds is 5. The zero-order chi connectivity index (χ0) is 14.7. The Morgan fingerprint density at radius 3 is 2.71 bits per heavy atom. The van der Waals surface area contributed by atoms with E-state index in [4.69, 9.17) is 10.7 Å². The molecule has 1 saturated heterocycles. The number of aromatic nitrogens is 1. The van der Waals surface area contributed by atoms with Crippen LogP contribution in [-0.2, 0) is 12.8 Å². The minimum Gasteiger partial charge on any atom is -0.356 e. The van der Waals surface area contributed by atoms with Gasteiger partial charge in [0, 0.05) is 18.5 Å². The van der Waals surface area contributed by atoms with Crippen molar-refractivity contribution in [1.82, 2.24) is 4.98 Å². The van der Waals surface area contributed by atoms with Gasteiger partial charge in [0.25, 0.3) is 0 Å². The van der Waals surface area contributed by atoms with Crippen LogP contribution in [0.2, 0.25) is 0 Å². The normalized spacial score (nSPS) is 15.0. The van der Waals surface area contributed by atoms with Crippen LogP contribution >= 0.6 is 0 Å². The molecule has 0 radical (unpaired) electrons. The van der Waals surface area contributed by atoms with Gasteiger partial charge in [-0.3, -0.25) is 0 Å². The summed E-state index contributed by atoms with van der Waals surface area (Å²) in [6.45, 7) is 5.22. The Morgan fingerprint density at radius 1 is 1.19 bits per heavy atom. The molecule has 0 unspecified atom stereocenters. The van der Waals surface area contributed by atoms with Crippen LogP contribution in [0.4, 0.5) is 5.82 Å². The monoisotopic (exact) mass is 283 g/mol. The first-order valence-corrected chi connectivity index (χ1v) is 8.19. The minimum absolute atomic E-state index is 0.743. The van der Waals surface area contributed by atoms with E-state index in [1.807, 2.05) is 0 Å². The predicted molar refractivity (Wildman–Crippen MR) is 89.9 cm³/mol. The van der Waals surface area contributed by atoms with Crippen LogP contribution in [0, 0.1) is 0 Å². The zero-order valence-corrected chi connectivity index (χ0v) is 12.9.